The lowest BCUT2D eigenvalue weighted by Gasteiger charge is -2.30. The summed E-state index contributed by atoms with van der Waals surface area (Å²) in [5, 5.41) is 13.0. The van der Waals surface area contributed by atoms with E-state index in [0.717, 1.165) is 34.7 Å². The second kappa shape index (κ2) is 10.9. The molecule has 0 saturated heterocycles. The second-order valence-corrected chi connectivity index (χ2v) is 11.7. The van der Waals surface area contributed by atoms with E-state index in [9.17, 15) is 10.1 Å². The Labute approximate surface area is 252 Å². The Hall–Kier alpha value is -3.75. The average molecular weight is 604 g/mol. The zero-order valence-corrected chi connectivity index (χ0v) is 24.8. The first-order valence-corrected chi connectivity index (χ1v) is 14.8. The van der Waals surface area contributed by atoms with Crippen LogP contribution in [0.25, 0.3) is 10.4 Å². The van der Waals surface area contributed by atoms with Gasteiger partial charge >= 0.3 is 5.97 Å². The number of thiocarbonyl (C=S) groups is 1. The van der Waals surface area contributed by atoms with Gasteiger partial charge in [-0.2, -0.15) is 5.26 Å². The number of rotatable bonds is 5. The van der Waals surface area contributed by atoms with Gasteiger partial charge in [0.2, 0.25) is 5.88 Å². The van der Waals surface area contributed by atoms with Crippen LogP contribution in [0.2, 0.25) is 5.02 Å². The summed E-state index contributed by atoms with van der Waals surface area (Å²) < 4.78 is 11.4. The van der Waals surface area contributed by atoms with Crippen LogP contribution < -0.4 is 10.6 Å². The zero-order chi connectivity index (χ0) is 28.8. The molecule has 11 heteroatoms. The number of thiophene rings is 1. The number of likely N-dealkylation sites (N-methyl/N-ethyl adjacent to an activating group) is 1. The van der Waals surface area contributed by atoms with Gasteiger partial charge in [-0.3, -0.25) is 0 Å². The molecule has 1 atom stereocenters. The van der Waals surface area contributed by atoms with Gasteiger partial charge < -0.3 is 25.0 Å². The Morgan fingerprint density at radius 3 is 2.83 bits per heavy atom. The summed E-state index contributed by atoms with van der Waals surface area (Å²) in [7, 11) is 2.07. The Kier molecular flexibility index (Phi) is 7.30. The van der Waals surface area contributed by atoms with Crippen molar-refractivity contribution in [1.82, 2.24) is 9.88 Å². The summed E-state index contributed by atoms with van der Waals surface area (Å²) in [5.41, 5.74) is 11.1. The molecule has 1 unspecified atom stereocenters. The number of nitrogens with two attached hydrogens (primary N) is 1. The molecule has 41 heavy (non-hydrogen) atoms. The number of ether oxygens (including phenoxy) is 2. The molecular weight excluding hydrogens is 578 g/mol. The van der Waals surface area contributed by atoms with Crippen LogP contribution in [-0.4, -0.2) is 47.6 Å². The Balaban J connectivity index is 1.50. The van der Waals surface area contributed by atoms with Gasteiger partial charge in [-0.25, -0.2) is 9.78 Å². The number of nitrogens with zero attached hydrogens (tertiary/aromatic N) is 4. The van der Waals surface area contributed by atoms with Crippen LogP contribution in [0.1, 0.15) is 35.2 Å². The van der Waals surface area contributed by atoms with Crippen molar-refractivity contribution in [1.29, 1.82) is 5.26 Å². The van der Waals surface area contributed by atoms with Crippen molar-refractivity contribution in [2.24, 2.45) is 5.73 Å². The van der Waals surface area contributed by atoms with Crippen molar-refractivity contribution < 1.29 is 14.3 Å². The minimum absolute atomic E-state index is 0.0574. The van der Waals surface area contributed by atoms with Crippen molar-refractivity contribution in [3.8, 4) is 16.5 Å². The van der Waals surface area contributed by atoms with Gasteiger partial charge in [-0.05, 0) is 42.6 Å². The molecule has 0 aliphatic carbocycles. The number of carbonyl (C=O) groups excluding carboxylic acids is 1. The van der Waals surface area contributed by atoms with Crippen molar-refractivity contribution in [2.75, 3.05) is 31.6 Å². The molecule has 0 saturated carbocycles. The Morgan fingerprint density at radius 2 is 2.12 bits per heavy atom. The standard InChI is InChI=1S/C30H26ClN5O3S2/c1-3-38-30(37)26-24(16-7-4-5-8-19(16)31)25-21(39-27(26)33)15-36(29(25)40)28-17(13-32)23(22-9-6-12-41-22)18-14-35(2)11-10-20(18)34-28/h4-9,12,24H,3,10-11,14-15,33H2,1-2H3. The monoisotopic (exact) mass is 603 g/mol. The van der Waals surface area contributed by atoms with E-state index in [1.54, 1.807) is 24.3 Å². The molecule has 6 rings (SSSR count). The second-order valence-electron chi connectivity index (χ2n) is 9.97. The molecule has 208 valence electrons. The van der Waals surface area contributed by atoms with Crippen LogP contribution in [0.15, 0.2) is 64.6 Å². The third kappa shape index (κ3) is 4.59. The topological polar surface area (TPSA) is 105 Å². The van der Waals surface area contributed by atoms with Gasteiger partial charge in [0.05, 0.1) is 19.1 Å². The lowest BCUT2D eigenvalue weighted by Crippen LogP contribution is -2.32. The fourth-order valence-electron chi connectivity index (χ4n) is 5.70. The van der Waals surface area contributed by atoms with Crippen LogP contribution in [0, 0.1) is 11.3 Å². The smallest absolute Gasteiger partial charge is 0.340 e. The van der Waals surface area contributed by atoms with E-state index in [1.165, 1.54) is 0 Å². The first kappa shape index (κ1) is 27.4. The molecule has 0 amide bonds. The molecule has 0 spiro atoms. The number of anilines is 1. The molecule has 3 aliphatic rings. The van der Waals surface area contributed by atoms with E-state index < -0.39 is 11.9 Å². The summed E-state index contributed by atoms with van der Waals surface area (Å²) in [4.78, 5) is 23.7. The molecule has 0 fully saturated rings. The minimum Gasteiger partial charge on any atom is -0.462 e. The number of nitriles is 1. The SMILES string of the molecule is CCOC(=O)C1=C(N)OC2=C(C(=S)N(c3nc4c(c(-c5cccs5)c3C#N)CN(C)CC4)C2)C1c1ccccc1Cl. The predicted octanol–water partition coefficient (Wildman–Crippen LogP) is 5.27. The van der Waals surface area contributed by atoms with Gasteiger partial charge in [0, 0.05) is 46.2 Å². The molecule has 3 aliphatic heterocycles. The van der Waals surface area contributed by atoms with Crippen molar-refractivity contribution >= 4 is 51.9 Å². The van der Waals surface area contributed by atoms with Crippen molar-refractivity contribution in [3.05, 3.63) is 92.0 Å². The maximum absolute atomic E-state index is 13.2. The number of fused-ring (bicyclic) bond motifs is 1. The van der Waals surface area contributed by atoms with Crippen LogP contribution in [0.4, 0.5) is 5.82 Å². The van der Waals surface area contributed by atoms with Gasteiger partial charge in [-0.15, -0.1) is 11.3 Å². The lowest BCUT2D eigenvalue weighted by molar-refractivity contribution is -0.139. The number of carbonyl (C=O) groups is 1. The predicted molar refractivity (Wildman–Crippen MR) is 162 cm³/mol. The number of esters is 1. The highest BCUT2D eigenvalue weighted by atomic mass is 35.5. The maximum Gasteiger partial charge on any atom is 0.340 e. The molecule has 0 bridgehead atoms. The normalized spacial score (nSPS) is 18.6. The molecule has 1 aromatic carbocycles. The summed E-state index contributed by atoms with van der Waals surface area (Å²) in [6.07, 6.45) is 0.747. The highest BCUT2D eigenvalue weighted by Crippen LogP contribution is 2.48. The third-order valence-corrected chi connectivity index (χ3v) is 9.20. The van der Waals surface area contributed by atoms with E-state index in [1.807, 2.05) is 40.6 Å². The Morgan fingerprint density at radius 1 is 1.32 bits per heavy atom. The zero-order valence-electron chi connectivity index (χ0n) is 22.4. The summed E-state index contributed by atoms with van der Waals surface area (Å²) in [6.45, 7) is 3.65. The molecule has 2 N–H and O–H groups in total. The van der Waals surface area contributed by atoms with Crippen LogP contribution in [0.5, 0.6) is 0 Å². The van der Waals surface area contributed by atoms with E-state index in [2.05, 4.69) is 18.0 Å². The number of halogens is 1. The van der Waals surface area contributed by atoms with Gasteiger partial charge in [0.1, 0.15) is 28.0 Å². The molecule has 0 radical (unpaired) electrons. The third-order valence-electron chi connectivity index (χ3n) is 7.52. The van der Waals surface area contributed by atoms with Crippen LogP contribution in [0.3, 0.4) is 0 Å². The first-order valence-electron chi connectivity index (χ1n) is 13.2. The van der Waals surface area contributed by atoms with Gasteiger partial charge in [0.15, 0.2) is 5.82 Å². The van der Waals surface area contributed by atoms with E-state index in [4.69, 9.17) is 44.0 Å². The summed E-state index contributed by atoms with van der Waals surface area (Å²) >= 11 is 14.3. The van der Waals surface area contributed by atoms with E-state index in [-0.39, 0.29) is 24.6 Å². The lowest BCUT2D eigenvalue weighted by atomic mass is 9.83. The fraction of sp³-hybridized carbons (Fsp3) is 0.267. The largest absolute Gasteiger partial charge is 0.462 e. The molecule has 8 nitrogen and oxygen atoms in total. The van der Waals surface area contributed by atoms with Gasteiger partial charge in [0.25, 0.3) is 0 Å². The summed E-state index contributed by atoms with van der Waals surface area (Å²) in [5.74, 6) is -0.408. The van der Waals surface area contributed by atoms with Gasteiger partial charge in [-0.1, -0.05) is 48.1 Å². The Bertz CT molecular complexity index is 1690. The van der Waals surface area contributed by atoms with E-state index >= 15 is 0 Å². The molecule has 2 aromatic heterocycles. The average Bonchev–Trinajstić information content (AvgIpc) is 3.60. The van der Waals surface area contributed by atoms with Crippen LogP contribution >= 0.6 is 35.2 Å². The summed E-state index contributed by atoms with van der Waals surface area (Å²) in [6, 6.07) is 13.7. The van der Waals surface area contributed by atoms with Crippen molar-refractivity contribution in [2.45, 2.75) is 25.8 Å². The highest BCUT2D eigenvalue weighted by Gasteiger charge is 2.45. The number of aromatic nitrogens is 1. The highest BCUT2D eigenvalue weighted by molar-refractivity contribution is 7.81. The minimum atomic E-state index is -0.711. The van der Waals surface area contributed by atoms with Crippen molar-refractivity contribution in [3.63, 3.8) is 0 Å². The first-order chi connectivity index (χ1) is 19.8. The fourth-order valence-corrected chi connectivity index (χ4v) is 7.14. The number of benzene rings is 1. The van der Waals surface area contributed by atoms with E-state index in [0.29, 0.717) is 44.8 Å². The van der Waals surface area contributed by atoms with Crippen LogP contribution in [-0.2, 0) is 27.2 Å². The quantitative estimate of drug-likeness (QED) is 0.308. The molecular formula is C30H26ClN5O3S2. The number of hydrogen-bond donors (Lipinski definition) is 1. The number of hydrogen-bond acceptors (Lipinski definition) is 9. The maximum atomic E-state index is 13.2. The number of pyridine rings is 1. The molecule has 5 heterocycles. The molecule has 3 aromatic rings.